The lowest BCUT2D eigenvalue weighted by Crippen LogP contribution is -2.20. The van der Waals surface area contributed by atoms with E-state index in [2.05, 4.69) is 26.0 Å². The monoisotopic (exact) mass is 562 g/mol. The Kier molecular flexibility index (Phi) is 7.55. The summed E-state index contributed by atoms with van der Waals surface area (Å²) in [6.07, 6.45) is -4.62. The number of alkyl halides is 3. The highest BCUT2D eigenvalue weighted by Crippen LogP contribution is 2.32. The number of benzene rings is 3. The van der Waals surface area contributed by atoms with Gasteiger partial charge in [-0.05, 0) is 54.6 Å². The van der Waals surface area contributed by atoms with E-state index in [0.717, 1.165) is 28.7 Å². The average molecular weight is 564 g/mol. The Morgan fingerprint density at radius 3 is 2.36 bits per heavy atom. The molecule has 6 nitrogen and oxygen atoms in total. The van der Waals surface area contributed by atoms with Gasteiger partial charge in [0.15, 0.2) is 6.61 Å². The molecule has 3 aromatic rings. The third-order valence-electron chi connectivity index (χ3n) is 4.12. The second-order valence-corrected chi connectivity index (χ2v) is 9.63. The van der Waals surface area contributed by atoms with Gasteiger partial charge < -0.3 is 10.1 Å². The van der Waals surface area contributed by atoms with Crippen LogP contribution in [0.1, 0.15) is 5.56 Å². The number of rotatable bonds is 7. The van der Waals surface area contributed by atoms with E-state index in [0.29, 0.717) is 11.8 Å². The Balaban J connectivity index is 1.67. The van der Waals surface area contributed by atoms with Gasteiger partial charge in [-0.2, -0.15) is 13.2 Å². The zero-order valence-electron chi connectivity index (χ0n) is 16.5. The van der Waals surface area contributed by atoms with Gasteiger partial charge in [-0.15, -0.1) is 0 Å². The number of hydrogen-bond acceptors (Lipinski definition) is 4. The fourth-order valence-electron chi connectivity index (χ4n) is 2.65. The molecule has 0 bridgehead atoms. The van der Waals surface area contributed by atoms with Gasteiger partial charge in [0, 0.05) is 15.8 Å². The maximum absolute atomic E-state index is 12.9. The van der Waals surface area contributed by atoms with Crippen LogP contribution in [0.15, 0.2) is 76.1 Å². The molecule has 0 aliphatic carbocycles. The molecule has 0 saturated heterocycles. The van der Waals surface area contributed by atoms with Gasteiger partial charge in [0.05, 0.1) is 15.5 Å². The molecule has 174 valence electrons. The van der Waals surface area contributed by atoms with Gasteiger partial charge in [0.25, 0.3) is 15.9 Å². The lowest BCUT2D eigenvalue weighted by atomic mass is 10.2. The highest BCUT2D eigenvalue weighted by Gasteiger charge is 2.30. The molecule has 0 unspecified atom stereocenters. The summed E-state index contributed by atoms with van der Waals surface area (Å²) in [5, 5.41) is 2.53. The van der Waals surface area contributed by atoms with Crippen LogP contribution in [-0.2, 0) is 21.0 Å². The number of halogens is 5. The zero-order chi connectivity index (χ0) is 24.2. The van der Waals surface area contributed by atoms with E-state index in [1.807, 2.05) is 0 Å². The smallest absolute Gasteiger partial charge is 0.416 e. The first-order chi connectivity index (χ1) is 15.4. The van der Waals surface area contributed by atoms with E-state index in [-0.39, 0.29) is 28.0 Å². The summed E-state index contributed by atoms with van der Waals surface area (Å²) < 4.78 is 71.9. The van der Waals surface area contributed by atoms with Crippen LogP contribution in [0.25, 0.3) is 0 Å². The third kappa shape index (κ3) is 6.86. The van der Waals surface area contributed by atoms with Crippen LogP contribution in [-0.4, -0.2) is 20.9 Å². The van der Waals surface area contributed by atoms with Gasteiger partial charge >= 0.3 is 6.18 Å². The van der Waals surface area contributed by atoms with Crippen LogP contribution < -0.4 is 14.8 Å². The minimum Gasteiger partial charge on any atom is -0.482 e. The van der Waals surface area contributed by atoms with Crippen molar-refractivity contribution >= 4 is 54.8 Å². The molecule has 0 atom stereocenters. The Hall–Kier alpha value is -2.76. The van der Waals surface area contributed by atoms with Crippen molar-refractivity contribution in [3.05, 3.63) is 81.8 Å². The van der Waals surface area contributed by atoms with E-state index in [1.165, 1.54) is 12.1 Å². The minimum atomic E-state index is -4.62. The predicted molar refractivity (Wildman–Crippen MR) is 122 cm³/mol. The predicted octanol–water partition coefficient (Wildman–Crippen LogP) is 5.94. The summed E-state index contributed by atoms with van der Waals surface area (Å²) in [6, 6.07) is 14.2. The second-order valence-electron chi connectivity index (χ2n) is 6.62. The average Bonchev–Trinajstić information content (AvgIpc) is 2.72. The number of ether oxygens (including phenoxy) is 1. The Morgan fingerprint density at radius 2 is 1.70 bits per heavy atom. The van der Waals surface area contributed by atoms with Crippen LogP contribution in [0, 0.1) is 0 Å². The molecule has 0 aliphatic rings. The van der Waals surface area contributed by atoms with Gasteiger partial charge in [-0.25, -0.2) is 8.42 Å². The summed E-state index contributed by atoms with van der Waals surface area (Å²) in [7, 11) is -4.23. The van der Waals surface area contributed by atoms with Crippen molar-refractivity contribution in [2.24, 2.45) is 0 Å². The summed E-state index contributed by atoms with van der Waals surface area (Å²) >= 11 is 9.37. The fourth-order valence-corrected chi connectivity index (χ4v) is 4.42. The summed E-state index contributed by atoms with van der Waals surface area (Å²) in [4.78, 5) is 11.8. The molecule has 0 fully saturated rings. The number of amides is 1. The Morgan fingerprint density at radius 1 is 1.00 bits per heavy atom. The van der Waals surface area contributed by atoms with Crippen LogP contribution in [0.5, 0.6) is 5.75 Å². The van der Waals surface area contributed by atoms with E-state index in [9.17, 15) is 26.4 Å². The van der Waals surface area contributed by atoms with E-state index < -0.39 is 27.7 Å². The molecular weight excluding hydrogens is 549 g/mol. The largest absolute Gasteiger partial charge is 0.482 e. The SMILES string of the molecule is O=C(COc1ccc(S(=O)(=O)Nc2cccc(C(F)(F)F)c2)cc1Cl)Nc1cccc(Br)c1. The number of anilines is 2. The maximum atomic E-state index is 12.9. The van der Waals surface area contributed by atoms with Crippen LogP contribution >= 0.6 is 27.5 Å². The molecule has 3 aromatic carbocycles. The number of carbonyl (C=O) groups is 1. The first-order valence-electron chi connectivity index (χ1n) is 9.12. The lowest BCUT2D eigenvalue weighted by Gasteiger charge is -2.13. The van der Waals surface area contributed by atoms with Crippen molar-refractivity contribution in [1.29, 1.82) is 0 Å². The minimum absolute atomic E-state index is 0.0547. The van der Waals surface area contributed by atoms with Gasteiger partial charge in [0.2, 0.25) is 0 Å². The van der Waals surface area contributed by atoms with Crippen molar-refractivity contribution in [1.82, 2.24) is 0 Å². The van der Waals surface area contributed by atoms with Crippen molar-refractivity contribution in [2.75, 3.05) is 16.6 Å². The number of carbonyl (C=O) groups excluding carboxylic acids is 1. The molecule has 0 saturated carbocycles. The van der Waals surface area contributed by atoms with Crippen LogP contribution in [0.4, 0.5) is 24.5 Å². The molecule has 33 heavy (non-hydrogen) atoms. The second kappa shape index (κ2) is 10.0. The van der Waals surface area contributed by atoms with E-state index in [1.54, 1.807) is 24.3 Å². The van der Waals surface area contributed by atoms with Crippen molar-refractivity contribution in [3.63, 3.8) is 0 Å². The van der Waals surface area contributed by atoms with Crippen molar-refractivity contribution in [3.8, 4) is 5.75 Å². The number of sulfonamides is 1. The lowest BCUT2D eigenvalue weighted by molar-refractivity contribution is -0.137. The van der Waals surface area contributed by atoms with Gasteiger partial charge in [-0.1, -0.05) is 39.7 Å². The summed E-state index contributed by atoms with van der Waals surface area (Å²) in [5.41, 5.74) is -0.706. The first-order valence-corrected chi connectivity index (χ1v) is 11.8. The zero-order valence-corrected chi connectivity index (χ0v) is 19.6. The van der Waals surface area contributed by atoms with Gasteiger partial charge in [-0.3, -0.25) is 9.52 Å². The molecule has 0 aliphatic heterocycles. The molecular formula is C21H15BrClF3N2O4S. The number of nitrogens with one attached hydrogen (secondary N) is 2. The Labute approximate surface area is 200 Å². The Bertz CT molecular complexity index is 1290. The quantitative estimate of drug-likeness (QED) is 0.373. The highest BCUT2D eigenvalue weighted by molar-refractivity contribution is 9.10. The molecule has 0 spiro atoms. The van der Waals surface area contributed by atoms with Crippen molar-refractivity contribution in [2.45, 2.75) is 11.1 Å². The fraction of sp³-hybridized carbons (Fsp3) is 0.0952. The van der Waals surface area contributed by atoms with Crippen molar-refractivity contribution < 1.29 is 31.1 Å². The van der Waals surface area contributed by atoms with Crippen LogP contribution in [0.3, 0.4) is 0 Å². The van der Waals surface area contributed by atoms with E-state index >= 15 is 0 Å². The summed E-state index contributed by atoms with van der Waals surface area (Å²) in [6.45, 7) is -0.388. The molecule has 0 heterocycles. The first kappa shape index (κ1) is 24.9. The third-order valence-corrected chi connectivity index (χ3v) is 6.29. The molecule has 0 aromatic heterocycles. The summed E-state index contributed by atoms with van der Waals surface area (Å²) in [5.74, 6) is -0.411. The molecule has 2 N–H and O–H groups in total. The molecule has 3 rings (SSSR count). The molecule has 0 radical (unpaired) electrons. The van der Waals surface area contributed by atoms with Crippen LogP contribution in [0.2, 0.25) is 5.02 Å². The molecule has 12 heteroatoms. The molecule has 1 amide bonds. The standard InChI is InChI=1S/C21H15BrClF3N2O4S/c22-14-4-2-5-15(10-14)27-20(29)12-32-19-8-7-17(11-18(19)23)33(30,31)28-16-6-1-3-13(9-16)21(24,25)26/h1-11,28H,12H2,(H,27,29). The maximum Gasteiger partial charge on any atom is 0.416 e. The number of hydrogen-bond donors (Lipinski definition) is 2. The highest BCUT2D eigenvalue weighted by atomic mass is 79.9. The van der Waals surface area contributed by atoms with Gasteiger partial charge in [0.1, 0.15) is 5.75 Å². The topological polar surface area (TPSA) is 84.5 Å². The van der Waals surface area contributed by atoms with E-state index in [4.69, 9.17) is 16.3 Å². The normalized spacial score (nSPS) is 11.7.